The van der Waals surface area contributed by atoms with Crippen LogP contribution < -0.4 is 4.74 Å². The van der Waals surface area contributed by atoms with Crippen LogP contribution in [0.1, 0.15) is 0 Å². The minimum absolute atomic E-state index is 0.0745. The predicted molar refractivity (Wildman–Crippen MR) is 70.7 cm³/mol. The average molecular weight is 300 g/mol. The number of nitro groups is 1. The van der Waals surface area contributed by atoms with Crippen molar-refractivity contribution < 1.29 is 9.66 Å². The molecule has 0 aliphatic rings. The summed E-state index contributed by atoms with van der Waals surface area (Å²) in [4.78, 5) is 17.9. The van der Waals surface area contributed by atoms with Crippen LogP contribution in [0.3, 0.4) is 0 Å². The summed E-state index contributed by atoms with van der Waals surface area (Å²) in [5, 5.41) is 11.3. The first-order chi connectivity index (χ1) is 9.02. The molecule has 0 saturated carbocycles. The van der Waals surface area contributed by atoms with Crippen molar-refractivity contribution in [1.82, 2.24) is 9.97 Å². The molecule has 0 amide bonds. The van der Waals surface area contributed by atoms with Crippen molar-refractivity contribution >= 4 is 28.9 Å². The van der Waals surface area contributed by atoms with Gasteiger partial charge >= 0.3 is 5.69 Å². The van der Waals surface area contributed by atoms with Gasteiger partial charge in [-0.25, -0.2) is 9.97 Å². The first kappa shape index (κ1) is 13.5. The second-order valence-electron chi connectivity index (χ2n) is 3.48. The van der Waals surface area contributed by atoms with Gasteiger partial charge in [0.15, 0.2) is 5.69 Å². The standard InChI is InChI=1S/C11H7Cl2N3O3/c1-19-9-4-6(2-3-7(9)12)10-8(16(17)18)5-14-11(13)15-10/h2-5H,1H3. The maximum Gasteiger partial charge on any atom is 0.313 e. The molecule has 1 aromatic carbocycles. The van der Waals surface area contributed by atoms with Gasteiger partial charge in [0.25, 0.3) is 0 Å². The van der Waals surface area contributed by atoms with Crippen molar-refractivity contribution in [3.63, 3.8) is 0 Å². The highest BCUT2D eigenvalue weighted by molar-refractivity contribution is 6.32. The molecule has 2 rings (SSSR count). The molecule has 6 nitrogen and oxygen atoms in total. The molecule has 8 heteroatoms. The zero-order valence-corrected chi connectivity index (χ0v) is 11.1. The number of hydrogen-bond donors (Lipinski definition) is 0. The summed E-state index contributed by atoms with van der Waals surface area (Å²) in [6.45, 7) is 0. The topological polar surface area (TPSA) is 78.2 Å². The van der Waals surface area contributed by atoms with Gasteiger partial charge in [-0.05, 0) is 23.7 Å². The van der Waals surface area contributed by atoms with E-state index in [1.807, 2.05) is 0 Å². The van der Waals surface area contributed by atoms with Crippen LogP contribution in [-0.2, 0) is 0 Å². The molecule has 98 valence electrons. The maximum atomic E-state index is 11.0. The van der Waals surface area contributed by atoms with Gasteiger partial charge < -0.3 is 4.74 Å². The van der Waals surface area contributed by atoms with E-state index in [1.54, 1.807) is 18.2 Å². The molecule has 0 saturated heterocycles. The van der Waals surface area contributed by atoms with Gasteiger partial charge in [-0.3, -0.25) is 10.1 Å². The molecule has 0 aliphatic heterocycles. The van der Waals surface area contributed by atoms with Crippen LogP contribution in [0.15, 0.2) is 24.4 Å². The van der Waals surface area contributed by atoms with E-state index in [0.717, 1.165) is 6.20 Å². The quantitative estimate of drug-likeness (QED) is 0.493. The van der Waals surface area contributed by atoms with Crippen LogP contribution in [0.5, 0.6) is 5.75 Å². The van der Waals surface area contributed by atoms with E-state index >= 15 is 0 Å². The number of rotatable bonds is 3. The molecule has 1 aromatic heterocycles. The van der Waals surface area contributed by atoms with E-state index in [1.165, 1.54) is 7.11 Å². The Labute approximate surface area is 118 Å². The third kappa shape index (κ3) is 2.74. The van der Waals surface area contributed by atoms with Crippen LogP contribution in [-0.4, -0.2) is 22.0 Å². The smallest absolute Gasteiger partial charge is 0.313 e. The Morgan fingerprint density at radius 3 is 2.74 bits per heavy atom. The first-order valence-electron chi connectivity index (χ1n) is 5.03. The largest absolute Gasteiger partial charge is 0.495 e. The van der Waals surface area contributed by atoms with Crippen molar-refractivity contribution in [2.75, 3.05) is 7.11 Å². The Morgan fingerprint density at radius 1 is 1.37 bits per heavy atom. The second kappa shape index (κ2) is 5.38. The number of halogens is 2. The van der Waals surface area contributed by atoms with Gasteiger partial charge in [0.05, 0.1) is 17.1 Å². The minimum Gasteiger partial charge on any atom is -0.495 e. The van der Waals surface area contributed by atoms with Crippen molar-refractivity contribution in [3.8, 4) is 17.0 Å². The lowest BCUT2D eigenvalue weighted by atomic mass is 10.1. The van der Waals surface area contributed by atoms with Gasteiger partial charge in [0.1, 0.15) is 11.9 Å². The third-order valence-electron chi connectivity index (χ3n) is 2.36. The molecule has 1 heterocycles. The number of ether oxygens (including phenoxy) is 1. The van der Waals surface area contributed by atoms with Crippen molar-refractivity contribution in [1.29, 1.82) is 0 Å². The van der Waals surface area contributed by atoms with Crippen molar-refractivity contribution in [2.24, 2.45) is 0 Å². The summed E-state index contributed by atoms with van der Waals surface area (Å²) >= 11 is 11.6. The van der Waals surface area contributed by atoms with Gasteiger partial charge in [-0.2, -0.15) is 0 Å². The fourth-order valence-electron chi connectivity index (χ4n) is 1.51. The Balaban J connectivity index is 2.64. The van der Waals surface area contributed by atoms with Gasteiger partial charge in [0.2, 0.25) is 5.28 Å². The highest BCUT2D eigenvalue weighted by atomic mass is 35.5. The molecule has 19 heavy (non-hydrogen) atoms. The summed E-state index contributed by atoms with van der Waals surface area (Å²) in [6.07, 6.45) is 1.06. The molecule has 0 N–H and O–H groups in total. The highest BCUT2D eigenvalue weighted by Crippen LogP contribution is 2.33. The summed E-state index contributed by atoms with van der Waals surface area (Å²) in [5.74, 6) is 0.392. The zero-order valence-electron chi connectivity index (χ0n) is 9.63. The summed E-state index contributed by atoms with van der Waals surface area (Å²) in [7, 11) is 1.45. The predicted octanol–water partition coefficient (Wildman–Crippen LogP) is 3.37. The normalized spacial score (nSPS) is 10.3. The molecule has 0 aliphatic carbocycles. The molecule has 0 radical (unpaired) electrons. The van der Waals surface area contributed by atoms with E-state index in [4.69, 9.17) is 27.9 Å². The molecule has 0 fully saturated rings. The molecule has 0 spiro atoms. The van der Waals surface area contributed by atoms with E-state index in [-0.39, 0.29) is 16.7 Å². The number of aromatic nitrogens is 2. The first-order valence-corrected chi connectivity index (χ1v) is 5.79. The molecule has 0 atom stereocenters. The number of nitrogens with zero attached hydrogens (tertiary/aromatic N) is 3. The average Bonchev–Trinajstić information content (AvgIpc) is 2.38. The van der Waals surface area contributed by atoms with Crippen LogP contribution in [0, 0.1) is 10.1 Å². The summed E-state index contributed by atoms with van der Waals surface area (Å²) < 4.78 is 5.06. The van der Waals surface area contributed by atoms with Crippen LogP contribution in [0.4, 0.5) is 5.69 Å². The monoisotopic (exact) mass is 299 g/mol. The van der Waals surface area contributed by atoms with E-state index in [0.29, 0.717) is 16.3 Å². The van der Waals surface area contributed by atoms with E-state index < -0.39 is 4.92 Å². The Bertz CT molecular complexity index is 649. The van der Waals surface area contributed by atoms with E-state index in [2.05, 4.69) is 9.97 Å². The molecule has 0 unspecified atom stereocenters. The zero-order chi connectivity index (χ0) is 14.0. The van der Waals surface area contributed by atoms with Crippen LogP contribution in [0.25, 0.3) is 11.3 Å². The lowest BCUT2D eigenvalue weighted by Gasteiger charge is -2.06. The summed E-state index contributed by atoms with van der Waals surface area (Å²) in [6, 6.07) is 4.71. The lowest BCUT2D eigenvalue weighted by molar-refractivity contribution is -0.384. The molecule has 0 bridgehead atoms. The second-order valence-corrected chi connectivity index (χ2v) is 4.22. The van der Waals surface area contributed by atoms with Gasteiger partial charge in [0, 0.05) is 5.56 Å². The molecular formula is C11H7Cl2N3O3. The van der Waals surface area contributed by atoms with Crippen molar-refractivity contribution in [3.05, 3.63) is 44.8 Å². The van der Waals surface area contributed by atoms with Crippen molar-refractivity contribution in [2.45, 2.75) is 0 Å². The maximum absolute atomic E-state index is 11.0. The third-order valence-corrected chi connectivity index (χ3v) is 2.86. The molecular weight excluding hydrogens is 293 g/mol. The van der Waals surface area contributed by atoms with Crippen LogP contribution in [0.2, 0.25) is 10.3 Å². The van der Waals surface area contributed by atoms with Gasteiger partial charge in [-0.15, -0.1) is 0 Å². The Morgan fingerprint density at radius 2 is 2.11 bits per heavy atom. The lowest BCUT2D eigenvalue weighted by Crippen LogP contribution is -1.97. The van der Waals surface area contributed by atoms with Crippen LogP contribution >= 0.6 is 23.2 Å². The van der Waals surface area contributed by atoms with E-state index in [9.17, 15) is 10.1 Å². The summed E-state index contributed by atoms with van der Waals surface area (Å²) in [5.41, 5.74) is 0.339. The molecule has 2 aromatic rings. The Hall–Kier alpha value is -1.92. The fraction of sp³-hybridized carbons (Fsp3) is 0.0909. The highest BCUT2D eigenvalue weighted by Gasteiger charge is 2.19. The minimum atomic E-state index is -0.577. The number of benzene rings is 1. The Kier molecular flexibility index (Phi) is 3.82. The SMILES string of the molecule is COc1cc(-c2nc(Cl)ncc2[N+](=O)[O-])ccc1Cl. The van der Waals surface area contributed by atoms with Gasteiger partial charge in [-0.1, -0.05) is 17.7 Å². The number of methoxy groups -OCH3 is 1. The fourth-order valence-corrected chi connectivity index (χ4v) is 1.84. The number of hydrogen-bond acceptors (Lipinski definition) is 5.